The van der Waals surface area contributed by atoms with E-state index in [1.54, 1.807) is 31.4 Å². The highest BCUT2D eigenvalue weighted by atomic mass is 16.5. The van der Waals surface area contributed by atoms with Gasteiger partial charge in [-0.2, -0.15) is 0 Å². The number of rotatable bonds is 6. The first-order valence-electron chi connectivity index (χ1n) is 9.38. The highest BCUT2D eigenvalue weighted by molar-refractivity contribution is 6.46. The van der Waals surface area contributed by atoms with Gasteiger partial charge in [-0.3, -0.25) is 9.59 Å². The molecule has 1 heterocycles. The van der Waals surface area contributed by atoms with Gasteiger partial charge in [0.25, 0.3) is 11.7 Å². The number of aliphatic hydroxyl groups excluding tert-OH is 1. The smallest absolute Gasteiger partial charge is 0.295 e. The Hall–Kier alpha value is -3.12. The van der Waals surface area contributed by atoms with Gasteiger partial charge in [0.2, 0.25) is 0 Å². The molecule has 0 radical (unpaired) electrons. The van der Waals surface area contributed by atoms with Crippen LogP contribution < -0.4 is 4.74 Å². The van der Waals surface area contributed by atoms with Crippen LogP contribution in [0.2, 0.25) is 0 Å². The summed E-state index contributed by atoms with van der Waals surface area (Å²) >= 11 is 0. The van der Waals surface area contributed by atoms with Crippen molar-refractivity contribution in [1.82, 2.24) is 4.90 Å². The normalized spacial score (nSPS) is 18.3. The van der Waals surface area contributed by atoms with Crippen LogP contribution in [0.3, 0.4) is 0 Å². The maximum Gasteiger partial charge on any atom is 0.295 e. The molecule has 0 aliphatic carbocycles. The van der Waals surface area contributed by atoms with Crippen LogP contribution >= 0.6 is 0 Å². The molecule has 1 aliphatic heterocycles. The second-order valence-corrected chi connectivity index (χ2v) is 7.08. The van der Waals surface area contributed by atoms with Crippen molar-refractivity contribution in [2.24, 2.45) is 0 Å². The van der Waals surface area contributed by atoms with Crippen LogP contribution in [-0.2, 0) is 14.3 Å². The fourth-order valence-electron chi connectivity index (χ4n) is 3.57. The minimum atomic E-state index is -0.698. The minimum Gasteiger partial charge on any atom is -0.507 e. The van der Waals surface area contributed by atoms with Gasteiger partial charge in [-0.15, -0.1) is 0 Å². The van der Waals surface area contributed by atoms with Gasteiger partial charge < -0.3 is 19.5 Å². The van der Waals surface area contributed by atoms with Crippen molar-refractivity contribution in [2.75, 3.05) is 27.4 Å². The summed E-state index contributed by atoms with van der Waals surface area (Å²) in [4.78, 5) is 27.1. The molecule has 3 rings (SSSR count). The fourth-order valence-corrected chi connectivity index (χ4v) is 3.57. The molecule has 0 bridgehead atoms. The van der Waals surface area contributed by atoms with Crippen molar-refractivity contribution >= 4 is 17.4 Å². The molecule has 152 valence electrons. The van der Waals surface area contributed by atoms with E-state index in [0.717, 1.165) is 11.1 Å². The van der Waals surface area contributed by atoms with Crippen molar-refractivity contribution in [2.45, 2.75) is 19.9 Å². The Kier molecular flexibility index (Phi) is 6.03. The van der Waals surface area contributed by atoms with E-state index in [1.165, 1.54) is 12.0 Å². The van der Waals surface area contributed by atoms with Crippen LogP contribution in [0.5, 0.6) is 5.75 Å². The number of methoxy groups -OCH3 is 2. The zero-order valence-corrected chi connectivity index (χ0v) is 17.1. The van der Waals surface area contributed by atoms with Gasteiger partial charge in [0.05, 0.1) is 25.3 Å². The fraction of sp³-hybridized carbons (Fsp3) is 0.304. The summed E-state index contributed by atoms with van der Waals surface area (Å²) in [5, 5.41) is 11.1. The van der Waals surface area contributed by atoms with E-state index in [2.05, 4.69) is 0 Å². The van der Waals surface area contributed by atoms with E-state index in [9.17, 15) is 14.7 Å². The number of ketones is 1. The van der Waals surface area contributed by atoms with Crippen LogP contribution in [-0.4, -0.2) is 49.1 Å². The van der Waals surface area contributed by atoms with E-state index >= 15 is 0 Å². The number of hydrogen-bond acceptors (Lipinski definition) is 5. The van der Waals surface area contributed by atoms with E-state index in [-0.39, 0.29) is 24.5 Å². The molecule has 1 fully saturated rings. The first-order valence-corrected chi connectivity index (χ1v) is 9.38. The first kappa shape index (κ1) is 20.6. The number of likely N-dealkylation sites (tertiary alicyclic amines) is 1. The Morgan fingerprint density at radius 3 is 2.38 bits per heavy atom. The number of carbonyl (C=O) groups is 2. The molecule has 1 amide bonds. The molecule has 1 N–H and O–H groups in total. The standard InChI is InChI=1S/C23H25NO5/c1-14-5-6-15(2)18(13-14)21(25)19-20(16-7-9-17(29-4)10-8-16)24(11-12-28-3)23(27)22(19)26/h5-10,13,20,25H,11-12H2,1-4H3/b21-19+. The number of hydrogen-bond donors (Lipinski definition) is 1. The monoisotopic (exact) mass is 395 g/mol. The zero-order chi connectivity index (χ0) is 21.1. The molecule has 6 nitrogen and oxygen atoms in total. The summed E-state index contributed by atoms with van der Waals surface area (Å²) in [5.41, 5.74) is 3.13. The second kappa shape index (κ2) is 8.49. The van der Waals surface area contributed by atoms with Gasteiger partial charge in [0.15, 0.2) is 0 Å². The van der Waals surface area contributed by atoms with E-state index in [1.807, 2.05) is 32.0 Å². The van der Waals surface area contributed by atoms with Crippen LogP contribution in [0, 0.1) is 13.8 Å². The number of amides is 1. The molecule has 0 aromatic heterocycles. The molecule has 1 saturated heterocycles. The van der Waals surface area contributed by atoms with Crippen molar-refractivity contribution < 1.29 is 24.2 Å². The maximum absolute atomic E-state index is 12.9. The summed E-state index contributed by atoms with van der Waals surface area (Å²) in [5.74, 6) is -0.836. The van der Waals surface area contributed by atoms with Gasteiger partial charge in [0, 0.05) is 19.2 Å². The summed E-state index contributed by atoms with van der Waals surface area (Å²) in [7, 11) is 3.11. The summed E-state index contributed by atoms with van der Waals surface area (Å²) < 4.78 is 10.3. The van der Waals surface area contributed by atoms with Gasteiger partial charge >= 0.3 is 0 Å². The Morgan fingerprint density at radius 2 is 1.76 bits per heavy atom. The van der Waals surface area contributed by atoms with Gasteiger partial charge in [-0.05, 0) is 43.2 Å². The zero-order valence-electron chi connectivity index (χ0n) is 17.1. The molecule has 1 atom stereocenters. The number of nitrogens with zero attached hydrogens (tertiary/aromatic N) is 1. The molecule has 0 saturated carbocycles. The Morgan fingerprint density at radius 1 is 1.07 bits per heavy atom. The van der Waals surface area contributed by atoms with Gasteiger partial charge in [-0.1, -0.05) is 29.8 Å². The molecule has 6 heteroatoms. The maximum atomic E-state index is 12.9. The number of carbonyl (C=O) groups excluding carboxylic acids is 2. The average Bonchev–Trinajstić information content (AvgIpc) is 2.98. The first-order chi connectivity index (χ1) is 13.9. The van der Waals surface area contributed by atoms with Crippen molar-refractivity contribution in [3.8, 4) is 5.75 Å². The van der Waals surface area contributed by atoms with Crippen LogP contribution in [0.25, 0.3) is 5.76 Å². The molecular formula is C23H25NO5. The summed E-state index contributed by atoms with van der Waals surface area (Å²) in [6.07, 6.45) is 0. The highest BCUT2D eigenvalue weighted by Gasteiger charge is 2.46. The topological polar surface area (TPSA) is 76.1 Å². The van der Waals surface area contributed by atoms with Crippen molar-refractivity contribution in [1.29, 1.82) is 0 Å². The van der Waals surface area contributed by atoms with E-state index in [0.29, 0.717) is 16.9 Å². The lowest BCUT2D eigenvalue weighted by atomic mass is 9.93. The molecular weight excluding hydrogens is 370 g/mol. The van der Waals surface area contributed by atoms with Crippen LogP contribution in [0.15, 0.2) is 48.0 Å². The quantitative estimate of drug-likeness (QED) is 0.461. The molecule has 1 aliphatic rings. The molecule has 0 spiro atoms. The van der Waals surface area contributed by atoms with Gasteiger partial charge in [-0.25, -0.2) is 0 Å². The number of benzene rings is 2. The number of aliphatic hydroxyl groups is 1. The number of Topliss-reactive ketones (excluding diaryl/α,β-unsaturated/α-hetero) is 1. The third kappa shape index (κ3) is 3.89. The minimum absolute atomic E-state index is 0.0879. The van der Waals surface area contributed by atoms with E-state index in [4.69, 9.17) is 9.47 Å². The summed E-state index contributed by atoms with van der Waals surface area (Å²) in [6, 6.07) is 12.1. The molecule has 2 aromatic rings. The third-order valence-electron chi connectivity index (χ3n) is 5.16. The lowest BCUT2D eigenvalue weighted by Gasteiger charge is -2.25. The molecule has 1 unspecified atom stereocenters. The SMILES string of the molecule is COCCN1C(=O)C(=O)/C(=C(/O)c2cc(C)ccc2C)C1c1ccc(OC)cc1. The number of aryl methyl sites for hydroxylation is 2. The average molecular weight is 395 g/mol. The second-order valence-electron chi connectivity index (χ2n) is 7.08. The van der Waals surface area contributed by atoms with Crippen LogP contribution in [0.4, 0.5) is 0 Å². The predicted octanol–water partition coefficient (Wildman–Crippen LogP) is 3.38. The Bertz CT molecular complexity index is 962. The third-order valence-corrected chi connectivity index (χ3v) is 5.16. The molecule has 2 aromatic carbocycles. The van der Waals surface area contributed by atoms with Gasteiger partial charge in [0.1, 0.15) is 11.5 Å². The largest absolute Gasteiger partial charge is 0.507 e. The summed E-state index contributed by atoms with van der Waals surface area (Å²) in [6.45, 7) is 4.29. The number of ether oxygens (including phenoxy) is 2. The lowest BCUT2D eigenvalue weighted by molar-refractivity contribution is -0.140. The highest BCUT2D eigenvalue weighted by Crippen LogP contribution is 2.40. The van der Waals surface area contributed by atoms with Crippen molar-refractivity contribution in [3.05, 3.63) is 70.3 Å². The van der Waals surface area contributed by atoms with Crippen LogP contribution in [0.1, 0.15) is 28.3 Å². The predicted molar refractivity (Wildman–Crippen MR) is 110 cm³/mol. The Labute approximate surface area is 170 Å². The lowest BCUT2D eigenvalue weighted by Crippen LogP contribution is -2.32. The van der Waals surface area contributed by atoms with E-state index < -0.39 is 17.7 Å². The molecule has 29 heavy (non-hydrogen) atoms. The van der Waals surface area contributed by atoms with Crippen molar-refractivity contribution in [3.63, 3.8) is 0 Å². The Balaban J connectivity index is 2.19.